The van der Waals surface area contributed by atoms with Crippen LogP contribution >= 0.6 is 0 Å². The summed E-state index contributed by atoms with van der Waals surface area (Å²) in [4.78, 5) is 14.1. The topological polar surface area (TPSA) is 53.6 Å². The molecule has 1 aliphatic heterocycles. The van der Waals surface area contributed by atoms with Gasteiger partial charge in [-0.2, -0.15) is 0 Å². The van der Waals surface area contributed by atoms with E-state index in [2.05, 4.69) is 29.4 Å². The van der Waals surface area contributed by atoms with Crippen molar-refractivity contribution in [1.29, 1.82) is 0 Å². The van der Waals surface area contributed by atoms with E-state index >= 15 is 0 Å². The molecule has 19 heavy (non-hydrogen) atoms. The molecule has 0 aromatic heterocycles. The Morgan fingerprint density at radius 2 is 2.11 bits per heavy atom. The lowest BCUT2D eigenvalue weighted by molar-refractivity contribution is -0.120. The van der Waals surface area contributed by atoms with Gasteiger partial charge in [0.25, 0.3) is 0 Å². The summed E-state index contributed by atoms with van der Waals surface area (Å²) >= 11 is 0. The Labute approximate surface area is 117 Å². The van der Waals surface area contributed by atoms with E-state index in [0.717, 1.165) is 25.6 Å². The first-order valence-corrected chi connectivity index (χ1v) is 7.34. The average molecular weight is 271 g/mol. The number of methoxy groups -OCH3 is 1. The van der Waals surface area contributed by atoms with Gasteiger partial charge < -0.3 is 15.4 Å². The highest BCUT2D eigenvalue weighted by Crippen LogP contribution is 2.17. The van der Waals surface area contributed by atoms with E-state index in [0.29, 0.717) is 25.7 Å². The summed E-state index contributed by atoms with van der Waals surface area (Å²) in [6.45, 7) is 9.27. The van der Waals surface area contributed by atoms with Crippen molar-refractivity contribution in [3.63, 3.8) is 0 Å². The van der Waals surface area contributed by atoms with Crippen LogP contribution < -0.4 is 10.6 Å². The smallest absolute Gasteiger partial charge is 0.234 e. The number of nitrogens with one attached hydrogen (secondary N) is 2. The molecule has 5 nitrogen and oxygen atoms in total. The molecule has 1 aliphatic rings. The van der Waals surface area contributed by atoms with E-state index in [4.69, 9.17) is 4.74 Å². The first-order chi connectivity index (χ1) is 9.13. The van der Waals surface area contributed by atoms with E-state index in [1.807, 2.05) is 0 Å². The molecule has 112 valence electrons. The van der Waals surface area contributed by atoms with Gasteiger partial charge in [-0.25, -0.2) is 0 Å². The highest BCUT2D eigenvalue weighted by molar-refractivity contribution is 5.77. The van der Waals surface area contributed by atoms with Crippen LogP contribution in [-0.2, 0) is 9.53 Å². The minimum atomic E-state index is 0.0633. The van der Waals surface area contributed by atoms with Gasteiger partial charge in [0.1, 0.15) is 0 Å². The van der Waals surface area contributed by atoms with Gasteiger partial charge in [0.15, 0.2) is 0 Å². The van der Waals surface area contributed by atoms with E-state index in [-0.39, 0.29) is 5.91 Å². The van der Waals surface area contributed by atoms with Crippen molar-refractivity contribution in [2.45, 2.75) is 32.7 Å². The maximum Gasteiger partial charge on any atom is 0.234 e. The third kappa shape index (κ3) is 6.89. The van der Waals surface area contributed by atoms with Gasteiger partial charge >= 0.3 is 0 Å². The monoisotopic (exact) mass is 271 g/mol. The van der Waals surface area contributed by atoms with Crippen molar-refractivity contribution in [1.82, 2.24) is 15.5 Å². The summed E-state index contributed by atoms with van der Waals surface area (Å²) in [6, 6.07) is 0.426. The van der Waals surface area contributed by atoms with Crippen LogP contribution in [0, 0.1) is 5.92 Å². The van der Waals surface area contributed by atoms with Gasteiger partial charge in [0.05, 0.1) is 13.2 Å². The first-order valence-electron chi connectivity index (χ1n) is 7.34. The number of hydrogen-bond acceptors (Lipinski definition) is 4. The van der Waals surface area contributed by atoms with Crippen molar-refractivity contribution < 1.29 is 9.53 Å². The minimum Gasteiger partial charge on any atom is -0.383 e. The van der Waals surface area contributed by atoms with Gasteiger partial charge in [-0.3, -0.25) is 9.69 Å². The quantitative estimate of drug-likeness (QED) is 0.630. The van der Waals surface area contributed by atoms with Crippen molar-refractivity contribution in [3.8, 4) is 0 Å². The summed E-state index contributed by atoms with van der Waals surface area (Å²) in [5.74, 6) is 0.913. The maximum absolute atomic E-state index is 11.6. The van der Waals surface area contributed by atoms with E-state index in [1.54, 1.807) is 7.11 Å². The molecule has 1 heterocycles. The number of carbonyl (C=O) groups excluding carboxylic acids is 1. The maximum atomic E-state index is 11.6. The highest BCUT2D eigenvalue weighted by atomic mass is 16.5. The molecular formula is C14H29N3O2. The second kappa shape index (κ2) is 9.28. The fourth-order valence-electron chi connectivity index (χ4n) is 2.30. The molecule has 0 radical (unpaired) electrons. The molecule has 1 rings (SSSR count). The van der Waals surface area contributed by atoms with Crippen molar-refractivity contribution in [2.24, 2.45) is 5.92 Å². The number of likely N-dealkylation sites (tertiary alicyclic amines) is 1. The highest BCUT2D eigenvalue weighted by Gasteiger charge is 2.20. The first kappa shape index (κ1) is 16.4. The lowest BCUT2D eigenvalue weighted by Crippen LogP contribution is -2.47. The Bertz CT molecular complexity index is 253. The van der Waals surface area contributed by atoms with Crippen LogP contribution in [0.1, 0.15) is 26.7 Å². The van der Waals surface area contributed by atoms with E-state index < -0.39 is 0 Å². The van der Waals surface area contributed by atoms with Crippen LogP contribution in [0.4, 0.5) is 0 Å². The van der Waals surface area contributed by atoms with Gasteiger partial charge in [0.2, 0.25) is 5.91 Å². The van der Waals surface area contributed by atoms with Crippen LogP contribution in [0.2, 0.25) is 0 Å². The van der Waals surface area contributed by atoms with Crippen LogP contribution in [0.15, 0.2) is 0 Å². The fourth-order valence-corrected chi connectivity index (χ4v) is 2.30. The van der Waals surface area contributed by atoms with Crippen LogP contribution in [0.25, 0.3) is 0 Å². The number of rotatable bonds is 8. The normalized spacial score (nSPS) is 19.3. The molecule has 2 N–H and O–H groups in total. The van der Waals surface area contributed by atoms with Gasteiger partial charge in [0, 0.05) is 26.2 Å². The minimum absolute atomic E-state index is 0.0633. The molecule has 5 heteroatoms. The van der Waals surface area contributed by atoms with Gasteiger partial charge in [-0.05, 0) is 38.8 Å². The number of nitrogens with zero attached hydrogens (tertiary/aromatic N) is 1. The van der Waals surface area contributed by atoms with Crippen molar-refractivity contribution in [2.75, 3.05) is 46.4 Å². The third-order valence-electron chi connectivity index (χ3n) is 3.80. The van der Waals surface area contributed by atoms with Crippen LogP contribution in [0.5, 0.6) is 0 Å². The second-order valence-electron chi connectivity index (χ2n) is 5.54. The molecule has 1 unspecified atom stereocenters. The van der Waals surface area contributed by atoms with Crippen LogP contribution in [0.3, 0.4) is 0 Å². The zero-order valence-corrected chi connectivity index (χ0v) is 12.6. The summed E-state index contributed by atoms with van der Waals surface area (Å²) in [5.41, 5.74) is 0. The Hall–Kier alpha value is -0.650. The number of ether oxygens (including phenoxy) is 1. The SMILES string of the molecule is COCCNCC(=O)NCC(C)N1CCC(C)CC1. The molecule has 1 amide bonds. The zero-order chi connectivity index (χ0) is 14.1. The number of carbonyl (C=O) groups is 1. The Balaban J connectivity index is 2.08. The molecule has 1 atom stereocenters. The van der Waals surface area contributed by atoms with Gasteiger partial charge in [-0.1, -0.05) is 6.92 Å². The van der Waals surface area contributed by atoms with E-state index in [1.165, 1.54) is 12.8 Å². The van der Waals surface area contributed by atoms with Gasteiger partial charge in [-0.15, -0.1) is 0 Å². The average Bonchev–Trinajstić information content (AvgIpc) is 2.42. The number of hydrogen-bond donors (Lipinski definition) is 2. The molecule has 0 aromatic carbocycles. The van der Waals surface area contributed by atoms with Crippen molar-refractivity contribution >= 4 is 5.91 Å². The third-order valence-corrected chi connectivity index (χ3v) is 3.80. The molecular weight excluding hydrogens is 242 g/mol. The largest absolute Gasteiger partial charge is 0.383 e. The summed E-state index contributed by atoms with van der Waals surface area (Å²) in [5, 5.41) is 6.03. The Kier molecular flexibility index (Phi) is 8.02. The Morgan fingerprint density at radius 1 is 1.42 bits per heavy atom. The van der Waals surface area contributed by atoms with Crippen LogP contribution in [-0.4, -0.2) is 63.3 Å². The lowest BCUT2D eigenvalue weighted by atomic mass is 9.98. The molecule has 0 aromatic rings. The molecule has 1 fully saturated rings. The lowest BCUT2D eigenvalue weighted by Gasteiger charge is -2.35. The predicted octanol–water partition coefficient (Wildman–Crippen LogP) is 0.459. The summed E-state index contributed by atoms with van der Waals surface area (Å²) in [6.07, 6.45) is 2.55. The molecule has 0 spiro atoms. The summed E-state index contributed by atoms with van der Waals surface area (Å²) < 4.78 is 4.91. The Morgan fingerprint density at radius 3 is 2.74 bits per heavy atom. The van der Waals surface area contributed by atoms with Crippen molar-refractivity contribution in [3.05, 3.63) is 0 Å². The number of amides is 1. The molecule has 1 saturated heterocycles. The zero-order valence-electron chi connectivity index (χ0n) is 12.6. The fraction of sp³-hybridized carbons (Fsp3) is 0.929. The molecule has 0 saturated carbocycles. The summed E-state index contributed by atoms with van der Waals surface area (Å²) in [7, 11) is 1.66. The number of piperidine rings is 1. The second-order valence-corrected chi connectivity index (χ2v) is 5.54. The molecule has 0 bridgehead atoms. The standard InChI is InChI=1S/C14H29N3O2/c1-12-4-7-17(8-5-12)13(2)10-16-14(18)11-15-6-9-19-3/h12-13,15H,4-11H2,1-3H3,(H,16,18). The predicted molar refractivity (Wildman–Crippen MR) is 77.2 cm³/mol. The van der Waals surface area contributed by atoms with E-state index in [9.17, 15) is 4.79 Å². The molecule has 0 aliphatic carbocycles.